The molecule has 2 aromatic rings. The van der Waals surface area contributed by atoms with Crippen molar-refractivity contribution < 1.29 is 4.79 Å². The van der Waals surface area contributed by atoms with E-state index in [0.717, 1.165) is 10.7 Å². The molecule has 0 aliphatic rings. The van der Waals surface area contributed by atoms with Crippen LogP contribution in [0.1, 0.15) is 45.8 Å². The van der Waals surface area contributed by atoms with Gasteiger partial charge in [-0.1, -0.05) is 0 Å². The van der Waals surface area contributed by atoms with E-state index in [4.69, 9.17) is 0 Å². The van der Waals surface area contributed by atoms with Gasteiger partial charge < -0.3 is 0 Å². The number of Topliss-reactive ketones (excluding diaryl/α,β-unsaturated/α-hetero) is 1. The van der Waals surface area contributed by atoms with Gasteiger partial charge in [0, 0.05) is 10.9 Å². The molecule has 0 radical (unpaired) electrons. The van der Waals surface area contributed by atoms with Gasteiger partial charge in [0.2, 0.25) is 0 Å². The predicted octanol–water partition coefficient (Wildman–Crippen LogP) is 2.96. The first kappa shape index (κ1) is 13.0. The van der Waals surface area contributed by atoms with Crippen LogP contribution >= 0.6 is 11.3 Å². The number of carbonyl (C=O) groups excluding carboxylic acids is 1. The lowest BCUT2D eigenvalue weighted by atomic mass is 10.2. The topological polar surface area (TPSA) is 47.8 Å². The van der Waals surface area contributed by atoms with Gasteiger partial charge in [-0.2, -0.15) is 5.10 Å². The molecule has 4 nitrogen and oxygen atoms in total. The normalized spacial score (nSPS) is 11.2. The zero-order valence-electron chi connectivity index (χ0n) is 11.1. The van der Waals surface area contributed by atoms with Crippen molar-refractivity contribution in [2.24, 2.45) is 0 Å². The molecule has 5 heteroatoms. The number of thiophene rings is 1. The van der Waals surface area contributed by atoms with E-state index in [0.29, 0.717) is 6.42 Å². The van der Waals surface area contributed by atoms with E-state index >= 15 is 0 Å². The molecule has 2 heterocycles. The number of ketones is 1. The molecule has 0 N–H and O–H groups in total. The van der Waals surface area contributed by atoms with Crippen LogP contribution in [0.5, 0.6) is 0 Å². The minimum atomic E-state index is 0.117. The second-order valence-electron chi connectivity index (χ2n) is 4.66. The maximum atomic E-state index is 12.2. The van der Waals surface area contributed by atoms with Crippen LogP contribution < -0.4 is 0 Å². The maximum absolute atomic E-state index is 12.2. The summed E-state index contributed by atoms with van der Waals surface area (Å²) in [6.45, 7) is 8.12. The van der Waals surface area contributed by atoms with E-state index in [9.17, 15) is 4.79 Å². The largest absolute Gasteiger partial charge is 0.293 e. The van der Waals surface area contributed by atoms with Crippen molar-refractivity contribution >= 4 is 17.1 Å². The summed E-state index contributed by atoms with van der Waals surface area (Å²) in [6, 6.07) is 2.18. The third kappa shape index (κ3) is 2.51. The van der Waals surface area contributed by atoms with Crippen LogP contribution in [0.4, 0.5) is 0 Å². The standard InChI is InChI=1S/C13H17N3OS/c1-8(2)16-13(14-7-15-16)6-11(17)12-5-9(3)10(4)18-12/h5,7-8H,6H2,1-4H3. The van der Waals surface area contributed by atoms with Gasteiger partial charge >= 0.3 is 0 Å². The van der Waals surface area contributed by atoms with E-state index in [1.54, 1.807) is 16.0 Å². The van der Waals surface area contributed by atoms with Crippen LogP contribution in [-0.2, 0) is 6.42 Å². The molecular weight excluding hydrogens is 246 g/mol. The molecule has 0 fully saturated rings. The lowest BCUT2D eigenvalue weighted by molar-refractivity contribution is 0.0993. The number of nitrogens with zero attached hydrogens (tertiary/aromatic N) is 3. The number of aromatic nitrogens is 3. The highest BCUT2D eigenvalue weighted by atomic mass is 32.1. The zero-order chi connectivity index (χ0) is 13.3. The van der Waals surface area contributed by atoms with Crippen LogP contribution in [0.25, 0.3) is 0 Å². The average molecular weight is 263 g/mol. The first-order valence-electron chi connectivity index (χ1n) is 5.97. The van der Waals surface area contributed by atoms with Crippen molar-refractivity contribution in [3.63, 3.8) is 0 Å². The van der Waals surface area contributed by atoms with Gasteiger partial charge in [0.1, 0.15) is 12.2 Å². The molecule has 0 saturated carbocycles. The fourth-order valence-electron chi connectivity index (χ4n) is 1.77. The van der Waals surface area contributed by atoms with Crippen molar-refractivity contribution in [1.29, 1.82) is 0 Å². The summed E-state index contributed by atoms with van der Waals surface area (Å²) in [7, 11) is 0. The Morgan fingerprint density at radius 2 is 2.17 bits per heavy atom. The minimum Gasteiger partial charge on any atom is -0.293 e. The van der Waals surface area contributed by atoms with Gasteiger partial charge in [-0.05, 0) is 39.3 Å². The molecule has 2 rings (SSSR count). The second-order valence-corrected chi connectivity index (χ2v) is 5.92. The smallest absolute Gasteiger partial charge is 0.180 e. The summed E-state index contributed by atoms with van der Waals surface area (Å²) in [5.41, 5.74) is 1.17. The van der Waals surface area contributed by atoms with Crippen LogP contribution in [-0.4, -0.2) is 20.5 Å². The van der Waals surface area contributed by atoms with Gasteiger partial charge in [-0.15, -0.1) is 11.3 Å². The summed E-state index contributed by atoms with van der Waals surface area (Å²) >= 11 is 1.55. The molecule has 0 bridgehead atoms. The Morgan fingerprint density at radius 1 is 1.44 bits per heavy atom. The van der Waals surface area contributed by atoms with E-state index in [2.05, 4.69) is 10.1 Å². The third-order valence-corrected chi connectivity index (χ3v) is 4.09. The predicted molar refractivity (Wildman–Crippen MR) is 72.2 cm³/mol. The Hall–Kier alpha value is -1.49. The Kier molecular flexibility index (Phi) is 3.61. The molecular formula is C13H17N3OS. The van der Waals surface area contributed by atoms with E-state index in [-0.39, 0.29) is 11.8 Å². The lowest BCUT2D eigenvalue weighted by Gasteiger charge is -2.08. The Morgan fingerprint density at radius 3 is 2.72 bits per heavy atom. The average Bonchev–Trinajstić information content (AvgIpc) is 2.87. The first-order valence-corrected chi connectivity index (χ1v) is 6.79. The second kappa shape index (κ2) is 5.02. The number of carbonyl (C=O) groups is 1. The summed E-state index contributed by atoms with van der Waals surface area (Å²) in [4.78, 5) is 18.4. The van der Waals surface area contributed by atoms with E-state index in [1.165, 1.54) is 16.8 Å². The van der Waals surface area contributed by atoms with E-state index < -0.39 is 0 Å². The molecule has 0 aliphatic carbocycles. The number of hydrogen-bond acceptors (Lipinski definition) is 4. The van der Waals surface area contributed by atoms with Crippen LogP contribution in [0.3, 0.4) is 0 Å². The Balaban J connectivity index is 2.19. The van der Waals surface area contributed by atoms with E-state index in [1.807, 2.05) is 33.8 Å². The molecule has 0 atom stereocenters. The number of hydrogen-bond donors (Lipinski definition) is 0. The summed E-state index contributed by atoms with van der Waals surface area (Å²) < 4.78 is 1.80. The molecule has 2 aromatic heterocycles. The molecule has 0 aromatic carbocycles. The molecule has 0 unspecified atom stereocenters. The maximum Gasteiger partial charge on any atom is 0.180 e. The third-order valence-electron chi connectivity index (χ3n) is 2.90. The highest BCUT2D eigenvalue weighted by molar-refractivity contribution is 7.14. The first-order chi connectivity index (χ1) is 8.49. The van der Waals surface area contributed by atoms with Crippen LogP contribution in [0.15, 0.2) is 12.4 Å². The molecule has 0 spiro atoms. The highest BCUT2D eigenvalue weighted by Gasteiger charge is 2.16. The van der Waals surface area contributed by atoms with Crippen LogP contribution in [0, 0.1) is 13.8 Å². The SMILES string of the molecule is Cc1cc(C(=O)Cc2ncnn2C(C)C)sc1C. The van der Waals surface area contributed by atoms with Crippen molar-refractivity contribution in [3.8, 4) is 0 Å². The zero-order valence-corrected chi connectivity index (χ0v) is 11.9. The van der Waals surface area contributed by atoms with Crippen molar-refractivity contribution in [2.75, 3.05) is 0 Å². The molecule has 0 saturated heterocycles. The van der Waals surface area contributed by atoms with Crippen LogP contribution in [0.2, 0.25) is 0 Å². The van der Waals surface area contributed by atoms with Gasteiger partial charge in [0.05, 0.1) is 11.3 Å². The minimum absolute atomic E-state index is 0.117. The summed E-state index contributed by atoms with van der Waals surface area (Å²) in [5, 5.41) is 4.14. The molecule has 0 amide bonds. The monoisotopic (exact) mass is 263 g/mol. The van der Waals surface area contributed by atoms with Gasteiger partial charge in [0.15, 0.2) is 5.78 Å². The summed E-state index contributed by atoms with van der Waals surface area (Å²) in [6.07, 6.45) is 1.82. The molecule has 18 heavy (non-hydrogen) atoms. The number of rotatable bonds is 4. The fourth-order valence-corrected chi connectivity index (χ4v) is 2.74. The quantitative estimate of drug-likeness (QED) is 0.797. The Bertz CT molecular complexity index is 549. The molecule has 96 valence electrons. The highest BCUT2D eigenvalue weighted by Crippen LogP contribution is 2.22. The molecule has 0 aliphatic heterocycles. The van der Waals surface area contributed by atoms with Crippen molar-refractivity contribution in [2.45, 2.75) is 40.2 Å². The van der Waals surface area contributed by atoms with Gasteiger partial charge in [-0.25, -0.2) is 9.67 Å². The van der Waals surface area contributed by atoms with Gasteiger partial charge in [0.25, 0.3) is 0 Å². The van der Waals surface area contributed by atoms with Crippen molar-refractivity contribution in [3.05, 3.63) is 33.5 Å². The van der Waals surface area contributed by atoms with Crippen molar-refractivity contribution in [1.82, 2.24) is 14.8 Å². The van der Waals surface area contributed by atoms with Gasteiger partial charge in [-0.3, -0.25) is 4.79 Å². The fraction of sp³-hybridized carbons (Fsp3) is 0.462. The lowest BCUT2D eigenvalue weighted by Crippen LogP contribution is -2.12. The Labute approximate surface area is 111 Å². The number of aryl methyl sites for hydroxylation is 2. The summed E-state index contributed by atoms with van der Waals surface area (Å²) in [5.74, 6) is 0.852.